The van der Waals surface area contributed by atoms with E-state index in [2.05, 4.69) is 20.9 Å². The highest BCUT2D eigenvalue weighted by Crippen LogP contribution is 2.51. The molecule has 45 heavy (non-hydrogen) atoms. The van der Waals surface area contributed by atoms with Gasteiger partial charge in [0, 0.05) is 38.7 Å². The smallest absolute Gasteiger partial charge is 0.258 e. The molecule has 1 heterocycles. The van der Waals surface area contributed by atoms with Crippen LogP contribution in [0.25, 0.3) is 0 Å². The summed E-state index contributed by atoms with van der Waals surface area (Å²) in [7, 11) is 3.40. The van der Waals surface area contributed by atoms with Gasteiger partial charge >= 0.3 is 0 Å². The molecule has 1 aromatic carbocycles. The standard InChI is InChI=1S/C33H47F2N5O5/c1-18-17-39(4)14-15-40(18)31(43)27(37-29(41)20(3)45-5)19(2)23-10-11-25(24(34)16-23)36-30(42)28(38-32(44)33(35)12-13-33)26(21-6-7-21)22-8-9-22/h10-11,16,18-22,26-28H,6-9,12-15,17H2,1-5H3,(H,36,42)(H,37,41)(H,38,44)/t18-,19-,20-,27+,28-/m0/s1. The maximum Gasteiger partial charge on any atom is 0.258 e. The summed E-state index contributed by atoms with van der Waals surface area (Å²) in [5.41, 5.74) is -1.54. The molecule has 0 aromatic heterocycles. The molecule has 3 saturated carbocycles. The van der Waals surface area contributed by atoms with Crippen LogP contribution in [0.1, 0.15) is 70.8 Å². The van der Waals surface area contributed by atoms with Gasteiger partial charge in [-0.25, -0.2) is 8.78 Å². The summed E-state index contributed by atoms with van der Waals surface area (Å²) in [4.78, 5) is 56.8. The van der Waals surface area contributed by atoms with Crippen molar-refractivity contribution < 1.29 is 32.7 Å². The number of carbonyl (C=O) groups is 4. The van der Waals surface area contributed by atoms with Crippen LogP contribution in [-0.4, -0.2) is 97.1 Å². The number of ether oxygens (including phenoxy) is 1. The van der Waals surface area contributed by atoms with E-state index in [1.54, 1.807) is 24.8 Å². The van der Waals surface area contributed by atoms with Crippen molar-refractivity contribution in [3.05, 3.63) is 29.6 Å². The molecule has 10 nitrogen and oxygen atoms in total. The quantitative estimate of drug-likeness (QED) is 0.308. The number of piperazine rings is 1. The van der Waals surface area contributed by atoms with E-state index in [4.69, 9.17) is 4.74 Å². The first-order chi connectivity index (χ1) is 21.3. The number of alkyl halides is 1. The molecule has 0 spiro atoms. The van der Waals surface area contributed by atoms with Crippen molar-refractivity contribution in [3.63, 3.8) is 0 Å². The van der Waals surface area contributed by atoms with Gasteiger partial charge in [-0.2, -0.15) is 0 Å². The van der Waals surface area contributed by atoms with E-state index in [0.29, 0.717) is 25.2 Å². The second kappa shape index (κ2) is 13.3. The third-order valence-corrected chi connectivity index (χ3v) is 10.1. The summed E-state index contributed by atoms with van der Waals surface area (Å²) in [6, 6.07) is 2.30. The van der Waals surface area contributed by atoms with Crippen molar-refractivity contribution in [3.8, 4) is 0 Å². The van der Waals surface area contributed by atoms with Crippen LogP contribution in [0.4, 0.5) is 14.5 Å². The van der Waals surface area contributed by atoms with E-state index < -0.39 is 53.3 Å². The number of likely N-dealkylation sites (N-methyl/N-ethyl adjacent to an activating group) is 1. The van der Waals surface area contributed by atoms with E-state index in [-0.39, 0.29) is 48.2 Å². The summed E-state index contributed by atoms with van der Waals surface area (Å²) in [6.07, 6.45) is 3.30. The molecule has 0 bridgehead atoms. The maximum absolute atomic E-state index is 15.6. The highest BCUT2D eigenvalue weighted by Gasteiger charge is 2.54. The van der Waals surface area contributed by atoms with Gasteiger partial charge in [0.25, 0.3) is 5.91 Å². The zero-order valence-electron chi connectivity index (χ0n) is 26.9. The fourth-order valence-electron chi connectivity index (χ4n) is 6.58. The number of hydrogen-bond donors (Lipinski definition) is 3. The number of anilines is 1. The summed E-state index contributed by atoms with van der Waals surface area (Å²) in [5, 5.41) is 8.16. The van der Waals surface area contributed by atoms with Crippen molar-refractivity contribution in [2.24, 2.45) is 17.8 Å². The molecule has 4 amide bonds. The average Bonchev–Trinajstić information content (AvgIpc) is 3.85. The van der Waals surface area contributed by atoms with Crippen LogP contribution >= 0.6 is 0 Å². The Morgan fingerprint density at radius 1 is 0.978 bits per heavy atom. The molecule has 1 saturated heterocycles. The van der Waals surface area contributed by atoms with Crippen molar-refractivity contribution in [1.29, 1.82) is 0 Å². The molecule has 5 rings (SSSR count). The van der Waals surface area contributed by atoms with Crippen molar-refractivity contribution in [2.75, 3.05) is 39.1 Å². The predicted octanol–water partition coefficient (Wildman–Crippen LogP) is 2.97. The van der Waals surface area contributed by atoms with E-state index in [1.165, 1.54) is 19.2 Å². The van der Waals surface area contributed by atoms with Crippen LogP contribution in [0.3, 0.4) is 0 Å². The van der Waals surface area contributed by atoms with Gasteiger partial charge in [-0.05, 0) is 94.9 Å². The highest BCUT2D eigenvalue weighted by molar-refractivity contribution is 5.99. The SMILES string of the molecule is CO[C@@H](C)C(=O)N[C@@H](C(=O)N1CCN(C)C[C@@H]1C)[C@@H](C)c1ccc(NC(=O)[C@@H](NC(=O)C2(F)CC2)C(C2CC2)C2CC2)c(F)c1. The number of nitrogens with one attached hydrogen (secondary N) is 3. The molecule has 1 aliphatic heterocycles. The lowest BCUT2D eigenvalue weighted by atomic mass is 9.88. The summed E-state index contributed by atoms with van der Waals surface area (Å²) in [5.74, 6) is -2.92. The van der Waals surface area contributed by atoms with Gasteiger partial charge in [0.15, 0.2) is 5.67 Å². The van der Waals surface area contributed by atoms with Gasteiger partial charge in [-0.3, -0.25) is 19.2 Å². The minimum absolute atomic E-state index is 0.0745. The molecular weight excluding hydrogens is 584 g/mol. The summed E-state index contributed by atoms with van der Waals surface area (Å²) >= 11 is 0. The first-order valence-electron chi connectivity index (χ1n) is 16.2. The molecule has 4 aliphatic rings. The Morgan fingerprint density at radius 2 is 1.62 bits per heavy atom. The topological polar surface area (TPSA) is 120 Å². The second-order valence-electron chi connectivity index (χ2n) is 13.7. The van der Waals surface area contributed by atoms with E-state index in [1.807, 2.05) is 14.0 Å². The zero-order valence-corrected chi connectivity index (χ0v) is 26.9. The number of halogens is 2. The third kappa shape index (κ3) is 7.65. The molecule has 3 N–H and O–H groups in total. The molecule has 12 heteroatoms. The summed E-state index contributed by atoms with van der Waals surface area (Å²) in [6.45, 7) is 7.17. The van der Waals surface area contributed by atoms with E-state index >= 15 is 4.39 Å². The highest BCUT2D eigenvalue weighted by atomic mass is 19.1. The average molecular weight is 632 g/mol. The van der Waals surface area contributed by atoms with Gasteiger partial charge in [0.05, 0.1) is 5.69 Å². The Labute approximate surface area is 264 Å². The second-order valence-corrected chi connectivity index (χ2v) is 13.7. The van der Waals surface area contributed by atoms with Crippen LogP contribution in [0.15, 0.2) is 18.2 Å². The molecule has 4 fully saturated rings. The van der Waals surface area contributed by atoms with Crippen LogP contribution in [0.2, 0.25) is 0 Å². The van der Waals surface area contributed by atoms with Gasteiger partial charge < -0.3 is 30.5 Å². The Hall–Kier alpha value is -3.12. The fraction of sp³-hybridized carbons (Fsp3) is 0.697. The number of hydrogen-bond acceptors (Lipinski definition) is 6. The Kier molecular flexibility index (Phi) is 9.84. The Balaban J connectivity index is 1.34. The zero-order chi connectivity index (χ0) is 32.6. The minimum Gasteiger partial charge on any atom is -0.372 e. The molecule has 0 unspecified atom stereocenters. The van der Waals surface area contributed by atoms with Crippen molar-refractivity contribution in [2.45, 2.75) is 95.1 Å². The number of nitrogens with zero attached hydrogens (tertiary/aromatic N) is 2. The van der Waals surface area contributed by atoms with Gasteiger partial charge in [-0.1, -0.05) is 13.0 Å². The Bertz CT molecular complexity index is 1290. The first-order valence-corrected chi connectivity index (χ1v) is 16.2. The number of carbonyl (C=O) groups excluding carboxylic acids is 4. The van der Waals surface area contributed by atoms with Crippen molar-refractivity contribution >= 4 is 29.3 Å². The van der Waals surface area contributed by atoms with Crippen LogP contribution < -0.4 is 16.0 Å². The molecule has 3 aliphatic carbocycles. The lowest BCUT2D eigenvalue weighted by molar-refractivity contribution is -0.142. The molecule has 0 radical (unpaired) electrons. The van der Waals surface area contributed by atoms with E-state index in [0.717, 1.165) is 25.7 Å². The minimum atomic E-state index is -1.93. The van der Waals surface area contributed by atoms with Gasteiger partial charge in [-0.15, -0.1) is 0 Å². The first kappa shape index (κ1) is 33.2. The lowest BCUT2D eigenvalue weighted by Gasteiger charge is -2.41. The molecule has 248 valence electrons. The van der Waals surface area contributed by atoms with Crippen molar-refractivity contribution in [1.82, 2.24) is 20.4 Å². The molecular formula is C33H47F2N5O5. The molecule has 5 atom stereocenters. The van der Waals surface area contributed by atoms with Crippen LogP contribution in [-0.2, 0) is 23.9 Å². The number of benzene rings is 1. The largest absolute Gasteiger partial charge is 0.372 e. The number of rotatable bonds is 13. The predicted molar refractivity (Wildman–Crippen MR) is 164 cm³/mol. The third-order valence-electron chi connectivity index (χ3n) is 10.1. The lowest BCUT2D eigenvalue weighted by Crippen LogP contribution is -2.59. The van der Waals surface area contributed by atoms with Crippen LogP contribution in [0, 0.1) is 23.6 Å². The van der Waals surface area contributed by atoms with Crippen LogP contribution in [0.5, 0.6) is 0 Å². The molecule has 1 aromatic rings. The maximum atomic E-state index is 15.6. The number of methoxy groups -OCH3 is 1. The number of amides is 4. The Morgan fingerprint density at radius 3 is 2.16 bits per heavy atom. The summed E-state index contributed by atoms with van der Waals surface area (Å²) < 4.78 is 35.4. The fourth-order valence-corrected chi connectivity index (χ4v) is 6.58. The van der Waals surface area contributed by atoms with Gasteiger partial charge in [0.2, 0.25) is 17.7 Å². The van der Waals surface area contributed by atoms with Gasteiger partial charge in [0.1, 0.15) is 24.0 Å². The monoisotopic (exact) mass is 631 g/mol. The normalized spacial score (nSPS) is 23.9. The van der Waals surface area contributed by atoms with E-state index in [9.17, 15) is 23.6 Å².